The van der Waals surface area contributed by atoms with E-state index in [0.29, 0.717) is 25.5 Å². The van der Waals surface area contributed by atoms with E-state index in [-0.39, 0.29) is 5.91 Å². The molecule has 2 aromatic heterocycles. The molecule has 7 nitrogen and oxygen atoms in total. The van der Waals surface area contributed by atoms with Crippen molar-refractivity contribution in [2.45, 2.75) is 6.54 Å². The molecule has 1 N–H and O–H groups in total. The van der Waals surface area contributed by atoms with Gasteiger partial charge < -0.3 is 19.7 Å². The number of pyridine rings is 1. The number of methoxy groups -OCH3 is 1. The van der Waals surface area contributed by atoms with Gasteiger partial charge in [-0.05, 0) is 29.8 Å². The highest BCUT2D eigenvalue weighted by atomic mass is 32.1. The Kier molecular flexibility index (Phi) is 6.02. The van der Waals surface area contributed by atoms with Crippen molar-refractivity contribution in [2.24, 2.45) is 0 Å². The summed E-state index contributed by atoms with van der Waals surface area (Å²) in [6, 6.07) is 11.5. The maximum atomic E-state index is 12.5. The van der Waals surface area contributed by atoms with Gasteiger partial charge in [-0.25, -0.2) is 9.97 Å². The van der Waals surface area contributed by atoms with Gasteiger partial charge in [-0.2, -0.15) is 0 Å². The van der Waals surface area contributed by atoms with E-state index in [1.54, 1.807) is 18.7 Å². The Bertz CT molecular complexity index is 968. The van der Waals surface area contributed by atoms with Crippen LogP contribution in [0.1, 0.15) is 16.1 Å². The number of hydrogen-bond acceptors (Lipinski definition) is 7. The molecule has 1 amide bonds. The molecule has 1 fully saturated rings. The van der Waals surface area contributed by atoms with Gasteiger partial charge in [0.15, 0.2) is 0 Å². The van der Waals surface area contributed by atoms with Crippen LogP contribution in [0.25, 0.3) is 10.6 Å². The van der Waals surface area contributed by atoms with Crippen LogP contribution in [0.3, 0.4) is 0 Å². The topological polar surface area (TPSA) is 76.6 Å². The van der Waals surface area contributed by atoms with Crippen LogP contribution in [0.2, 0.25) is 0 Å². The molecule has 29 heavy (non-hydrogen) atoms. The van der Waals surface area contributed by atoms with Crippen molar-refractivity contribution in [3.05, 3.63) is 59.2 Å². The first-order valence-electron chi connectivity index (χ1n) is 9.39. The molecule has 3 heterocycles. The van der Waals surface area contributed by atoms with Crippen LogP contribution in [-0.4, -0.2) is 49.3 Å². The maximum Gasteiger partial charge on any atom is 0.271 e. The number of thiazole rings is 1. The molecule has 1 aliphatic rings. The van der Waals surface area contributed by atoms with E-state index in [2.05, 4.69) is 20.2 Å². The fourth-order valence-electron chi connectivity index (χ4n) is 3.04. The van der Waals surface area contributed by atoms with Gasteiger partial charge in [-0.1, -0.05) is 12.1 Å². The summed E-state index contributed by atoms with van der Waals surface area (Å²) in [4.78, 5) is 23.7. The number of hydrogen-bond donors (Lipinski definition) is 1. The van der Waals surface area contributed by atoms with E-state index < -0.39 is 0 Å². The number of carbonyl (C=O) groups excluding carboxylic acids is 1. The molecule has 1 saturated heterocycles. The van der Waals surface area contributed by atoms with Crippen LogP contribution in [-0.2, 0) is 11.3 Å². The number of ether oxygens (including phenoxy) is 2. The van der Waals surface area contributed by atoms with E-state index in [1.807, 2.05) is 36.4 Å². The van der Waals surface area contributed by atoms with Gasteiger partial charge in [-0.15, -0.1) is 11.3 Å². The van der Waals surface area contributed by atoms with E-state index in [0.717, 1.165) is 40.8 Å². The fraction of sp³-hybridized carbons (Fsp3) is 0.286. The number of nitrogens with one attached hydrogen (secondary N) is 1. The fourth-order valence-corrected chi connectivity index (χ4v) is 3.84. The molecule has 3 aromatic rings. The molecule has 8 heteroatoms. The minimum Gasteiger partial charge on any atom is -0.497 e. The molecule has 150 valence electrons. The highest BCUT2D eigenvalue weighted by Crippen LogP contribution is 2.26. The minimum absolute atomic E-state index is 0.189. The van der Waals surface area contributed by atoms with Crippen LogP contribution in [0.15, 0.2) is 48.0 Å². The molecule has 1 aliphatic heterocycles. The first-order valence-corrected chi connectivity index (χ1v) is 10.3. The average Bonchev–Trinajstić information content (AvgIpc) is 3.29. The summed E-state index contributed by atoms with van der Waals surface area (Å²) in [5, 5.41) is 5.50. The summed E-state index contributed by atoms with van der Waals surface area (Å²) in [6.07, 6.45) is 1.78. The summed E-state index contributed by atoms with van der Waals surface area (Å²) < 4.78 is 10.5. The molecule has 0 aliphatic carbocycles. The predicted octanol–water partition coefficient (Wildman–Crippen LogP) is 2.98. The molecule has 0 atom stereocenters. The van der Waals surface area contributed by atoms with Crippen LogP contribution in [0, 0.1) is 0 Å². The van der Waals surface area contributed by atoms with Crippen molar-refractivity contribution in [3.63, 3.8) is 0 Å². The van der Waals surface area contributed by atoms with Crippen LogP contribution in [0.5, 0.6) is 5.75 Å². The molecule has 4 rings (SSSR count). The lowest BCUT2D eigenvalue weighted by Crippen LogP contribution is -2.36. The second-order valence-corrected chi connectivity index (χ2v) is 7.43. The monoisotopic (exact) mass is 410 g/mol. The number of nitrogens with zero attached hydrogens (tertiary/aromatic N) is 3. The number of amides is 1. The van der Waals surface area contributed by atoms with E-state index >= 15 is 0 Å². The quantitative estimate of drug-likeness (QED) is 0.673. The van der Waals surface area contributed by atoms with Gasteiger partial charge in [0.2, 0.25) is 0 Å². The Morgan fingerprint density at radius 2 is 2.03 bits per heavy atom. The normalized spacial score (nSPS) is 13.9. The largest absolute Gasteiger partial charge is 0.497 e. The lowest BCUT2D eigenvalue weighted by molar-refractivity contribution is 0.0946. The van der Waals surface area contributed by atoms with Gasteiger partial charge in [-0.3, -0.25) is 4.79 Å². The number of anilines is 1. The van der Waals surface area contributed by atoms with Crippen LogP contribution in [0.4, 0.5) is 5.82 Å². The molecular weight excluding hydrogens is 388 g/mol. The van der Waals surface area contributed by atoms with Crippen molar-refractivity contribution in [1.29, 1.82) is 0 Å². The Morgan fingerprint density at radius 3 is 2.79 bits per heavy atom. The van der Waals surface area contributed by atoms with E-state index in [4.69, 9.17) is 9.47 Å². The van der Waals surface area contributed by atoms with Crippen molar-refractivity contribution in [3.8, 4) is 16.3 Å². The minimum atomic E-state index is -0.189. The standard InChI is InChI=1S/C21H22N4O3S/c1-27-17-4-2-15(3-5-17)13-23-20(26)18-14-29-21(24-18)16-6-7-22-19(12-16)25-8-10-28-11-9-25/h2-7,12,14H,8-11,13H2,1H3,(H,23,26). The molecule has 0 saturated carbocycles. The van der Waals surface area contributed by atoms with E-state index in [9.17, 15) is 4.79 Å². The van der Waals surface area contributed by atoms with Gasteiger partial charge in [0.05, 0.1) is 20.3 Å². The summed E-state index contributed by atoms with van der Waals surface area (Å²) in [6.45, 7) is 3.51. The lowest BCUT2D eigenvalue weighted by Gasteiger charge is -2.27. The van der Waals surface area contributed by atoms with Crippen molar-refractivity contribution < 1.29 is 14.3 Å². The van der Waals surface area contributed by atoms with Crippen LogP contribution >= 0.6 is 11.3 Å². The Labute approximate surface area is 173 Å². The third-order valence-corrected chi connectivity index (χ3v) is 5.57. The van der Waals surface area contributed by atoms with Gasteiger partial charge >= 0.3 is 0 Å². The maximum absolute atomic E-state index is 12.5. The Morgan fingerprint density at radius 1 is 1.24 bits per heavy atom. The second-order valence-electron chi connectivity index (χ2n) is 6.57. The van der Waals surface area contributed by atoms with Gasteiger partial charge in [0.25, 0.3) is 5.91 Å². The molecule has 0 unspecified atom stereocenters. The number of benzene rings is 1. The molecule has 0 bridgehead atoms. The Hall–Kier alpha value is -2.97. The average molecular weight is 410 g/mol. The summed E-state index contributed by atoms with van der Waals surface area (Å²) in [7, 11) is 1.63. The number of morpholine rings is 1. The zero-order chi connectivity index (χ0) is 20.1. The molecule has 1 aromatic carbocycles. The summed E-state index contributed by atoms with van der Waals surface area (Å²) in [5.41, 5.74) is 2.38. The first kappa shape index (κ1) is 19.4. The second kappa shape index (κ2) is 9.02. The van der Waals surface area contributed by atoms with Gasteiger partial charge in [0, 0.05) is 36.8 Å². The van der Waals surface area contributed by atoms with Gasteiger partial charge in [0.1, 0.15) is 22.3 Å². The SMILES string of the molecule is COc1ccc(CNC(=O)c2csc(-c3ccnc(N4CCOCC4)c3)n2)cc1. The smallest absolute Gasteiger partial charge is 0.271 e. The summed E-state index contributed by atoms with van der Waals surface area (Å²) >= 11 is 1.45. The Balaban J connectivity index is 1.41. The lowest BCUT2D eigenvalue weighted by atomic mass is 10.2. The molecular formula is C21H22N4O3S. The summed E-state index contributed by atoms with van der Waals surface area (Å²) in [5.74, 6) is 1.51. The van der Waals surface area contributed by atoms with Crippen molar-refractivity contribution in [2.75, 3.05) is 38.3 Å². The zero-order valence-corrected chi connectivity index (χ0v) is 16.9. The number of rotatable bonds is 6. The molecule has 0 spiro atoms. The highest BCUT2D eigenvalue weighted by Gasteiger charge is 2.15. The highest BCUT2D eigenvalue weighted by molar-refractivity contribution is 7.13. The number of aromatic nitrogens is 2. The first-order chi connectivity index (χ1) is 14.2. The van der Waals surface area contributed by atoms with Crippen molar-refractivity contribution in [1.82, 2.24) is 15.3 Å². The zero-order valence-electron chi connectivity index (χ0n) is 16.1. The van der Waals surface area contributed by atoms with Crippen molar-refractivity contribution >= 4 is 23.1 Å². The third kappa shape index (κ3) is 4.72. The molecule has 0 radical (unpaired) electrons. The predicted molar refractivity (Wildman–Crippen MR) is 113 cm³/mol. The van der Waals surface area contributed by atoms with E-state index in [1.165, 1.54) is 11.3 Å². The van der Waals surface area contributed by atoms with Crippen LogP contribution < -0.4 is 15.0 Å². The number of carbonyl (C=O) groups is 1. The third-order valence-electron chi connectivity index (χ3n) is 4.68.